The summed E-state index contributed by atoms with van der Waals surface area (Å²) < 4.78 is 5.35. The van der Waals surface area contributed by atoms with Gasteiger partial charge in [-0.3, -0.25) is 10.00 Å². The number of rotatable bonds is 3. The van der Waals surface area contributed by atoms with Gasteiger partial charge in [0.1, 0.15) is 6.61 Å². The molecule has 1 aliphatic rings. The fraction of sp³-hybridized carbons (Fsp3) is 0.312. The zero-order valence-electron chi connectivity index (χ0n) is 12.9. The molecule has 0 spiro atoms. The molecule has 1 aromatic heterocycles. The van der Waals surface area contributed by atoms with Crippen molar-refractivity contribution in [2.45, 2.75) is 32.5 Å². The molecule has 2 N–H and O–H groups in total. The molecule has 0 bridgehead atoms. The highest BCUT2D eigenvalue weighted by Crippen LogP contribution is 2.39. The Kier molecular flexibility index (Phi) is 3.55. The molecule has 1 amide bonds. The first-order valence-corrected chi connectivity index (χ1v) is 7.20. The van der Waals surface area contributed by atoms with Crippen LogP contribution in [0.15, 0.2) is 30.3 Å². The first kappa shape index (κ1) is 15.1. The van der Waals surface area contributed by atoms with E-state index in [-0.39, 0.29) is 18.8 Å². The largest absolute Gasteiger partial charge is 0.476 e. The topological polar surface area (TPSA) is 95.5 Å². The number of carbonyl (C=O) groups excluding carboxylic acids is 1. The number of H-pyrrole nitrogens is 1. The lowest BCUT2D eigenvalue weighted by Gasteiger charge is -2.30. The summed E-state index contributed by atoms with van der Waals surface area (Å²) >= 11 is 0. The number of nitrogens with one attached hydrogen (secondary N) is 1. The molecule has 0 saturated heterocycles. The van der Waals surface area contributed by atoms with Gasteiger partial charge >= 0.3 is 12.1 Å². The Morgan fingerprint density at radius 3 is 2.70 bits per heavy atom. The molecule has 0 aliphatic carbocycles. The molecule has 1 aliphatic heterocycles. The van der Waals surface area contributed by atoms with Crippen LogP contribution >= 0.6 is 0 Å². The fourth-order valence-electron chi connectivity index (χ4n) is 2.78. The predicted octanol–water partition coefficient (Wildman–Crippen LogP) is 2.50. The van der Waals surface area contributed by atoms with Crippen LogP contribution in [0.2, 0.25) is 0 Å². The monoisotopic (exact) mass is 315 g/mol. The van der Waals surface area contributed by atoms with Gasteiger partial charge in [-0.25, -0.2) is 9.59 Å². The minimum atomic E-state index is -1.11. The normalized spacial score (nSPS) is 15.3. The summed E-state index contributed by atoms with van der Waals surface area (Å²) in [4.78, 5) is 25.1. The van der Waals surface area contributed by atoms with Gasteiger partial charge in [-0.15, -0.1) is 0 Å². The summed E-state index contributed by atoms with van der Waals surface area (Å²) in [5, 5.41) is 15.7. The Morgan fingerprint density at radius 1 is 1.35 bits per heavy atom. The smallest absolute Gasteiger partial charge is 0.411 e. The Morgan fingerprint density at radius 2 is 2.04 bits per heavy atom. The fourth-order valence-corrected chi connectivity index (χ4v) is 2.78. The summed E-state index contributed by atoms with van der Waals surface area (Å²) in [5.74, 6) is -1.11. The van der Waals surface area contributed by atoms with E-state index in [4.69, 9.17) is 9.84 Å². The number of aromatic amines is 1. The molecule has 0 unspecified atom stereocenters. The molecule has 0 radical (unpaired) electrons. The van der Waals surface area contributed by atoms with Gasteiger partial charge in [-0.05, 0) is 19.4 Å². The van der Waals surface area contributed by atoms with Crippen LogP contribution in [0.5, 0.6) is 0 Å². The highest BCUT2D eigenvalue weighted by molar-refractivity contribution is 5.88. The third-order valence-corrected chi connectivity index (χ3v) is 4.10. The zero-order chi connectivity index (χ0) is 16.6. The summed E-state index contributed by atoms with van der Waals surface area (Å²) in [6, 6.07) is 9.38. The molecule has 7 heteroatoms. The number of hydrogen-bond acceptors (Lipinski definition) is 4. The molecule has 120 valence electrons. The summed E-state index contributed by atoms with van der Waals surface area (Å²) in [6.45, 7) is 3.98. The molecule has 2 aromatic rings. The van der Waals surface area contributed by atoms with Crippen molar-refractivity contribution in [3.8, 4) is 0 Å². The van der Waals surface area contributed by atoms with Crippen LogP contribution in [0.1, 0.15) is 41.2 Å². The molecule has 7 nitrogen and oxygen atoms in total. The maximum Gasteiger partial charge on any atom is 0.411 e. The minimum absolute atomic E-state index is 0.0496. The Hall–Kier alpha value is -2.83. The van der Waals surface area contributed by atoms with Crippen LogP contribution in [-0.2, 0) is 23.4 Å². The second-order valence-corrected chi connectivity index (χ2v) is 5.92. The Bertz CT molecular complexity index is 752. The first-order chi connectivity index (χ1) is 10.9. The van der Waals surface area contributed by atoms with Crippen LogP contribution in [0, 0.1) is 0 Å². The second kappa shape index (κ2) is 5.42. The van der Waals surface area contributed by atoms with Gasteiger partial charge in [-0.2, -0.15) is 5.10 Å². The van der Waals surface area contributed by atoms with Crippen molar-refractivity contribution in [1.29, 1.82) is 0 Å². The number of ether oxygens (including phenoxy) is 1. The average Bonchev–Trinajstić information content (AvgIpc) is 3.05. The van der Waals surface area contributed by atoms with E-state index in [1.165, 1.54) is 4.90 Å². The van der Waals surface area contributed by atoms with Gasteiger partial charge in [0, 0.05) is 5.56 Å². The maximum absolute atomic E-state index is 12.4. The van der Waals surface area contributed by atoms with Crippen molar-refractivity contribution in [2.75, 3.05) is 0 Å². The van der Waals surface area contributed by atoms with Gasteiger partial charge in [-0.1, -0.05) is 30.3 Å². The van der Waals surface area contributed by atoms with E-state index in [1.54, 1.807) is 0 Å². The Labute approximate surface area is 132 Å². The number of aromatic nitrogens is 2. The number of carbonyl (C=O) groups is 2. The molecule has 0 atom stereocenters. The van der Waals surface area contributed by atoms with E-state index in [1.807, 2.05) is 44.2 Å². The van der Waals surface area contributed by atoms with Gasteiger partial charge < -0.3 is 9.84 Å². The number of aromatic carboxylic acids is 1. The molecule has 3 rings (SSSR count). The minimum Gasteiger partial charge on any atom is -0.476 e. The molecule has 2 heterocycles. The van der Waals surface area contributed by atoms with E-state index in [9.17, 15) is 9.59 Å². The number of benzene rings is 1. The summed E-state index contributed by atoms with van der Waals surface area (Å²) in [7, 11) is 0. The highest BCUT2D eigenvalue weighted by atomic mass is 16.6. The van der Waals surface area contributed by atoms with Gasteiger partial charge in [0.25, 0.3) is 0 Å². The number of amides is 1. The van der Waals surface area contributed by atoms with Crippen molar-refractivity contribution >= 4 is 12.1 Å². The zero-order valence-corrected chi connectivity index (χ0v) is 12.9. The number of nitrogens with zero attached hydrogens (tertiary/aromatic N) is 2. The van der Waals surface area contributed by atoms with E-state index in [2.05, 4.69) is 10.2 Å². The third-order valence-electron chi connectivity index (χ3n) is 4.10. The van der Waals surface area contributed by atoms with Crippen LogP contribution < -0.4 is 0 Å². The molecule has 0 fully saturated rings. The molecule has 0 saturated carbocycles. The van der Waals surface area contributed by atoms with Crippen molar-refractivity contribution in [2.24, 2.45) is 0 Å². The first-order valence-electron chi connectivity index (χ1n) is 7.20. The molecular formula is C16H17N3O4. The third kappa shape index (κ3) is 2.54. The van der Waals surface area contributed by atoms with Gasteiger partial charge in [0.2, 0.25) is 0 Å². The SMILES string of the molecule is CC1(C)c2[nH]nc(C(=O)O)c2CN1C(=O)OCc1ccccc1. The van der Waals surface area contributed by atoms with Crippen LogP contribution in [0.4, 0.5) is 4.79 Å². The van der Waals surface area contributed by atoms with Crippen molar-refractivity contribution < 1.29 is 19.4 Å². The van der Waals surface area contributed by atoms with E-state index in [0.717, 1.165) is 5.56 Å². The average molecular weight is 315 g/mol. The highest BCUT2D eigenvalue weighted by Gasteiger charge is 2.45. The van der Waals surface area contributed by atoms with Crippen molar-refractivity contribution in [1.82, 2.24) is 15.1 Å². The summed E-state index contributed by atoms with van der Waals surface area (Å²) in [5.41, 5.74) is 1.30. The molecular weight excluding hydrogens is 298 g/mol. The van der Waals surface area contributed by atoms with E-state index in [0.29, 0.717) is 11.3 Å². The lowest BCUT2D eigenvalue weighted by Crippen LogP contribution is -2.41. The number of hydrogen-bond donors (Lipinski definition) is 2. The van der Waals surface area contributed by atoms with E-state index >= 15 is 0 Å². The number of carboxylic acid groups (broad SMARTS) is 1. The maximum atomic E-state index is 12.4. The Balaban J connectivity index is 1.76. The van der Waals surface area contributed by atoms with Crippen LogP contribution in [0.3, 0.4) is 0 Å². The van der Waals surface area contributed by atoms with Crippen LogP contribution in [0.25, 0.3) is 0 Å². The lowest BCUT2D eigenvalue weighted by atomic mass is 10.0. The number of fused-ring (bicyclic) bond motifs is 1. The second-order valence-electron chi connectivity index (χ2n) is 5.92. The standard InChI is InChI=1S/C16H17N3O4/c1-16(2)13-11(12(14(20)21)17-18-13)8-19(16)15(22)23-9-10-6-4-3-5-7-10/h3-7H,8-9H2,1-2H3,(H,17,18)(H,20,21). The van der Waals surface area contributed by atoms with E-state index < -0.39 is 17.6 Å². The van der Waals surface area contributed by atoms with Gasteiger partial charge in [0.05, 0.1) is 17.8 Å². The van der Waals surface area contributed by atoms with Gasteiger partial charge in [0.15, 0.2) is 5.69 Å². The summed E-state index contributed by atoms with van der Waals surface area (Å²) in [6.07, 6.45) is -0.486. The molecule has 23 heavy (non-hydrogen) atoms. The quantitative estimate of drug-likeness (QED) is 0.907. The van der Waals surface area contributed by atoms with Crippen LogP contribution in [-0.4, -0.2) is 32.3 Å². The molecule has 1 aromatic carbocycles. The lowest BCUT2D eigenvalue weighted by molar-refractivity contribution is 0.0590. The van der Waals surface area contributed by atoms with Crippen molar-refractivity contribution in [3.63, 3.8) is 0 Å². The predicted molar refractivity (Wildman–Crippen MR) is 80.7 cm³/mol. The van der Waals surface area contributed by atoms with Crippen molar-refractivity contribution in [3.05, 3.63) is 52.8 Å². The number of carboxylic acids is 1.